The second kappa shape index (κ2) is 8.75. The SMILES string of the molecule is COc1ccc(NC(=S)Nc2cccc(Cn3cc(Cl)cn3)c2)cc1OC. The van der Waals surface area contributed by atoms with E-state index >= 15 is 0 Å². The molecular formula is C19H19ClN4O2S. The van der Waals surface area contributed by atoms with Gasteiger partial charge in [-0.25, -0.2) is 0 Å². The molecule has 0 saturated heterocycles. The molecule has 0 unspecified atom stereocenters. The average Bonchev–Trinajstić information content (AvgIpc) is 3.06. The lowest BCUT2D eigenvalue weighted by Crippen LogP contribution is -2.19. The molecular weight excluding hydrogens is 384 g/mol. The number of halogens is 1. The molecule has 2 aromatic carbocycles. The second-order valence-electron chi connectivity index (χ2n) is 5.71. The van der Waals surface area contributed by atoms with Crippen LogP contribution in [0.25, 0.3) is 0 Å². The molecule has 3 rings (SSSR count). The van der Waals surface area contributed by atoms with Crippen molar-refractivity contribution in [1.29, 1.82) is 0 Å². The summed E-state index contributed by atoms with van der Waals surface area (Å²) in [4.78, 5) is 0. The van der Waals surface area contributed by atoms with Gasteiger partial charge in [0.2, 0.25) is 0 Å². The van der Waals surface area contributed by atoms with Crippen molar-refractivity contribution in [3.8, 4) is 11.5 Å². The van der Waals surface area contributed by atoms with E-state index in [9.17, 15) is 0 Å². The van der Waals surface area contributed by atoms with E-state index in [0.29, 0.717) is 28.2 Å². The Bertz CT molecular complexity index is 945. The maximum Gasteiger partial charge on any atom is 0.175 e. The van der Waals surface area contributed by atoms with E-state index in [-0.39, 0.29) is 0 Å². The highest BCUT2D eigenvalue weighted by molar-refractivity contribution is 7.80. The minimum atomic E-state index is 0.474. The number of nitrogens with one attached hydrogen (secondary N) is 2. The molecule has 27 heavy (non-hydrogen) atoms. The van der Waals surface area contributed by atoms with E-state index in [0.717, 1.165) is 16.9 Å². The molecule has 140 valence electrons. The molecule has 0 amide bonds. The van der Waals surface area contributed by atoms with Crippen LogP contribution in [0.4, 0.5) is 11.4 Å². The number of nitrogens with zero attached hydrogens (tertiary/aromatic N) is 2. The van der Waals surface area contributed by atoms with Gasteiger partial charge in [0, 0.05) is 23.6 Å². The molecule has 0 aliphatic heterocycles. The zero-order valence-corrected chi connectivity index (χ0v) is 16.5. The van der Waals surface area contributed by atoms with E-state index in [1.54, 1.807) is 31.3 Å². The number of hydrogen-bond acceptors (Lipinski definition) is 4. The molecule has 0 atom stereocenters. The Hall–Kier alpha value is -2.77. The van der Waals surface area contributed by atoms with Crippen LogP contribution in [0.5, 0.6) is 11.5 Å². The van der Waals surface area contributed by atoms with Gasteiger partial charge >= 0.3 is 0 Å². The summed E-state index contributed by atoms with van der Waals surface area (Å²) in [6.45, 7) is 0.623. The van der Waals surface area contributed by atoms with Crippen molar-refractivity contribution in [3.05, 3.63) is 65.4 Å². The smallest absolute Gasteiger partial charge is 0.175 e. The van der Waals surface area contributed by atoms with Gasteiger partial charge in [0.1, 0.15) is 0 Å². The lowest BCUT2D eigenvalue weighted by molar-refractivity contribution is 0.355. The van der Waals surface area contributed by atoms with Crippen molar-refractivity contribution in [1.82, 2.24) is 9.78 Å². The fourth-order valence-electron chi connectivity index (χ4n) is 2.57. The lowest BCUT2D eigenvalue weighted by Gasteiger charge is -2.13. The van der Waals surface area contributed by atoms with Crippen LogP contribution in [0.2, 0.25) is 5.02 Å². The zero-order chi connectivity index (χ0) is 19.2. The van der Waals surface area contributed by atoms with Crippen molar-refractivity contribution in [3.63, 3.8) is 0 Å². The van der Waals surface area contributed by atoms with Crippen LogP contribution in [0.1, 0.15) is 5.56 Å². The molecule has 6 nitrogen and oxygen atoms in total. The van der Waals surface area contributed by atoms with Crippen LogP contribution < -0.4 is 20.1 Å². The van der Waals surface area contributed by atoms with Crippen LogP contribution in [0.15, 0.2) is 54.9 Å². The third-order valence-corrected chi connectivity index (χ3v) is 4.17. The molecule has 1 aromatic heterocycles. The second-order valence-corrected chi connectivity index (χ2v) is 6.55. The summed E-state index contributed by atoms with van der Waals surface area (Å²) in [6.07, 6.45) is 3.40. The highest BCUT2D eigenvalue weighted by Crippen LogP contribution is 2.29. The number of hydrogen-bond donors (Lipinski definition) is 2. The van der Waals surface area contributed by atoms with Crippen molar-refractivity contribution >= 4 is 40.3 Å². The van der Waals surface area contributed by atoms with Crippen molar-refractivity contribution in [2.75, 3.05) is 24.9 Å². The molecule has 0 saturated carbocycles. The predicted molar refractivity (Wildman–Crippen MR) is 112 cm³/mol. The van der Waals surface area contributed by atoms with Crippen LogP contribution in [-0.2, 0) is 6.54 Å². The maximum atomic E-state index is 5.91. The number of methoxy groups -OCH3 is 2. The summed E-state index contributed by atoms with van der Waals surface area (Å²) in [5.41, 5.74) is 2.75. The summed E-state index contributed by atoms with van der Waals surface area (Å²) < 4.78 is 12.3. The Labute approximate surface area is 168 Å². The molecule has 0 aliphatic rings. The fraction of sp³-hybridized carbons (Fsp3) is 0.158. The molecule has 0 spiro atoms. The third kappa shape index (κ3) is 5.12. The number of benzene rings is 2. The van der Waals surface area contributed by atoms with Crippen LogP contribution in [0.3, 0.4) is 0 Å². The van der Waals surface area contributed by atoms with Gasteiger partial charge in [-0.05, 0) is 42.0 Å². The Morgan fingerprint density at radius 1 is 1.07 bits per heavy atom. The van der Waals surface area contributed by atoms with Gasteiger partial charge in [-0.1, -0.05) is 23.7 Å². The topological polar surface area (TPSA) is 60.3 Å². The number of rotatable bonds is 6. The van der Waals surface area contributed by atoms with Gasteiger partial charge < -0.3 is 20.1 Å². The Morgan fingerprint density at radius 3 is 2.48 bits per heavy atom. The molecule has 0 radical (unpaired) electrons. The Kier molecular flexibility index (Phi) is 6.16. The molecule has 0 aliphatic carbocycles. The van der Waals surface area contributed by atoms with E-state index in [1.807, 2.05) is 42.5 Å². The lowest BCUT2D eigenvalue weighted by atomic mass is 10.2. The summed E-state index contributed by atoms with van der Waals surface area (Å²) in [6, 6.07) is 13.4. The fourth-order valence-corrected chi connectivity index (χ4v) is 2.96. The monoisotopic (exact) mass is 402 g/mol. The highest BCUT2D eigenvalue weighted by Gasteiger charge is 2.06. The normalized spacial score (nSPS) is 10.3. The number of thiocarbonyl (C=S) groups is 1. The molecule has 1 heterocycles. The van der Waals surface area contributed by atoms with Crippen LogP contribution >= 0.6 is 23.8 Å². The minimum Gasteiger partial charge on any atom is -0.493 e. The van der Waals surface area contributed by atoms with E-state index in [4.69, 9.17) is 33.3 Å². The Balaban J connectivity index is 1.65. The number of ether oxygens (including phenoxy) is 2. The van der Waals surface area contributed by atoms with Crippen molar-refractivity contribution in [2.45, 2.75) is 6.54 Å². The molecule has 8 heteroatoms. The third-order valence-electron chi connectivity index (χ3n) is 3.77. The molecule has 2 N–H and O–H groups in total. The zero-order valence-electron chi connectivity index (χ0n) is 14.9. The summed E-state index contributed by atoms with van der Waals surface area (Å²) in [5.74, 6) is 1.29. The highest BCUT2D eigenvalue weighted by atomic mass is 35.5. The van der Waals surface area contributed by atoms with Gasteiger partial charge in [0.15, 0.2) is 16.6 Å². The molecule has 0 bridgehead atoms. The number of aromatic nitrogens is 2. The molecule has 3 aromatic rings. The van der Waals surface area contributed by atoms with Gasteiger partial charge in [-0.3, -0.25) is 4.68 Å². The first-order chi connectivity index (χ1) is 13.1. The first-order valence-corrected chi connectivity index (χ1v) is 8.93. The van der Waals surface area contributed by atoms with E-state index < -0.39 is 0 Å². The van der Waals surface area contributed by atoms with Gasteiger partial charge in [-0.15, -0.1) is 0 Å². The number of anilines is 2. The quantitative estimate of drug-likeness (QED) is 0.595. The summed E-state index contributed by atoms with van der Waals surface area (Å²) in [5, 5.41) is 11.6. The van der Waals surface area contributed by atoms with E-state index in [1.165, 1.54) is 0 Å². The summed E-state index contributed by atoms with van der Waals surface area (Å²) >= 11 is 11.3. The average molecular weight is 403 g/mol. The summed E-state index contributed by atoms with van der Waals surface area (Å²) in [7, 11) is 3.19. The van der Waals surface area contributed by atoms with Gasteiger partial charge in [-0.2, -0.15) is 5.10 Å². The van der Waals surface area contributed by atoms with Gasteiger partial charge in [0.25, 0.3) is 0 Å². The predicted octanol–water partition coefficient (Wildman–Crippen LogP) is 4.41. The first-order valence-electron chi connectivity index (χ1n) is 8.14. The van der Waals surface area contributed by atoms with Crippen molar-refractivity contribution < 1.29 is 9.47 Å². The standard InChI is InChI=1S/C19H19ClN4O2S/c1-25-17-7-6-16(9-18(17)26-2)23-19(27)22-15-5-3-4-13(8-15)11-24-12-14(20)10-21-24/h3-10,12H,11H2,1-2H3,(H2,22,23,27). The van der Waals surface area contributed by atoms with Crippen LogP contribution in [-0.4, -0.2) is 29.1 Å². The van der Waals surface area contributed by atoms with E-state index in [2.05, 4.69) is 15.7 Å². The Morgan fingerprint density at radius 2 is 1.81 bits per heavy atom. The van der Waals surface area contributed by atoms with Crippen LogP contribution in [0, 0.1) is 0 Å². The van der Waals surface area contributed by atoms with Crippen molar-refractivity contribution in [2.24, 2.45) is 0 Å². The molecule has 0 fully saturated rings. The maximum absolute atomic E-state index is 5.91. The van der Waals surface area contributed by atoms with Gasteiger partial charge in [0.05, 0.1) is 32.0 Å². The largest absolute Gasteiger partial charge is 0.493 e. The first kappa shape index (κ1) is 19.0. The minimum absolute atomic E-state index is 0.474.